The van der Waals surface area contributed by atoms with Crippen molar-refractivity contribution in [2.75, 3.05) is 26.4 Å². The second-order valence-electron chi connectivity index (χ2n) is 3.32. The average molecular weight is 254 g/mol. The molecule has 0 atom stereocenters. The number of hydrogen-bond donors (Lipinski definition) is 2. The van der Waals surface area contributed by atoms with Crippen LogP contribution < -0.4 is 0 Å². The maximum absolute atomic E-state index is 11.6. The van der Waals surface area contributed by atoms with Crippen molar-refractivity contribution in [3.63, 3.8) is 0 Å². The highest BCUT2D eigenvalue weighted by Crippen LogP contribution is 2.10. The summed E-state index contributed by atoms with van der Waals surface area (Å²) >= 11 is 0. The fourth-order valence-electron chi connectivity index (χ4n) is 1.29. The van der Waals surface area contributed by atoms with Crippen LogP contribution in [0.3, 0.4) is 0 Å². The smallest absolute Gasteiger partial charge is 0.339 e. The minimum atomic E-state index is -1.18. The molecule has 1 aromatic rings. The summed E-state index contributed by atoms with van der Waals surface area (Å²) in [5.41, 5.74) is -0.0917. The molecular formula is C12H14O6. The van der Waals surface area contributed by atoms with E-state index < -0.39 is 11.9 Å². The molecule has 6 heteroatoms. The van der Waals surface area contributed by atoms with Gasteiger partial charge in [0.2, 0.25) is 0 Å². The number of carboxylic acids is 1. The first-order valence-electron chi connectivity index (χ1n) is 5.35. The molecule has 6 nitrogen and oxygen atoms in total. The summed E-state index contributed by atoms with van der Waals surface area (Å²) in [4.78, 5) is 22.5. The van der Waals surface area contributed by atoms with Gasteiger partial charge >= 0.3 is 11.9 Å². The van der Waals surface area contributed by atoms with Gasteiger partial charge in [-0.15, -0.1) is 0 Å². The van der Waals surface area contributed by atoms with E-state index in [1.54, 1.807) is 6.07 Å². The number of carbonyl (C=O) groups excluding carboxylic acids is 1. The van der Waals surface area contributed by atoms with E-state index in [-0.39, 0.29) is 37.6 Å². The van der Waals surface area contributed by atoms with Gasteiger partial charge in [0, 0.05) is 0 Å². The van der Waals surface area contributed by atoms with Crippen LogP contribution in [0.4, 0.5) is 0 Å². The zero-order valence-corrected chi connectivity index (χ0v) is 9.67. The maximum Gasteiger partial charge on any atom is 0.339 e. The summed E-state index contributed by atoms with van der Waals surface area (Å²) in [6.07, 6.45) is 0. The summed E-state index contributed by atoms with van der Waals surface area (Å²) in [5.74, 6) is -1.89. The molecule has 0 aliphatic heterocycles. The van der Waals surface area contributed by atoms with Gasteiger partial charge in [-0.3, -0.25) is 0 Å². The first-order valence-corrected chi connectivity index (χ1v) is 5.35. The Morgan fingerprint density at radius 1 is 1.06 bits per heavy atom. The standard InChI is InChI=1S/C12H14O6/c13-5-6-17-7-8-18-12(16)10-4-2-1-3-9(10)11(14)15/h1-4,13H,5-8H2,(H,14,15). The fourth-order valence-corrected chi connectivity index (χ4v) is 1.29. The molecule has 0 fully saturated rings. The Kier molecular flexibility index (Phi) is 5.83. The van der Waals surface area contributed by atoms with Crippen LogP contribution in [0, 0.1) is 0 Å². The highest BCUT2D eigenvalue weighted by atomic mass is 16.6. The lowest BCUT2D eigenvalue weighted by molar-refractivity contribution is 0.0255. The van der Waals surface area contributed by atoms with E-state index in [1.807, 2.05) is 0 Å². The van der Waals surface area contributed by atoms with Crippen LogP contribution in [0.5, 0.6) is 0 Å². The summed E-state index contributed by atoms with van der Waals surface area (Å²) in [5, 5.41) is 17.3. The fraction of sp³-hybridized carbons (Fsp3) is 0.333. The minimum absolute atomic E-state index is 0.00663. The number of carboxylic acid groups (broad SMARTS) is 1. The second kappa shape index (κ2) is 7.41. The Balaban J connectivity index is 2.54. The van der Waals surface area contributed by atoms with E-state index in [0.717, 1.165) is 0 Å². The Hall–Kier alpha value is -1.92. The number of rotatable bonds is 7. The van der Waals surface area contributed by atoms with Crippen molar-refractivity contribution in [2.45, 2.75) is 0 Å². The molecule has 0 spiro atoms. The van der Waals surface area contributed by atoms with Crippen LogP contribution in [0.25, 0.3) is 0 Å². The number of esters is 1. The number of aromatic carboxylic acids is 1. The molecule has 0 unspecified atom stereocenters. The van der Waals surface area contributed by atoms with Crippen molar-refractivity contribution in [3.8, 4) is 0 Å². The summed E-state index contributed by atoms with van der Waals surface area (Å²) < 4.78 is 9.76. The first-order chi connectivity index (χ1) is 8.66. The van der Waals surface area contributed by atoms with Crippen molar-refractivity contribution in [3.05, 3.63) is 35.4 Å². The first kappa shape index (κ1) is 14.1. The third-order valence-corrected chi connectivity index (χ3v) is 2.07. The van der Waals surface area contributed by atoms with Crippen molar-refractivity contribution >= 4 is 11.9 Å². The van der Waals surface area contributed by atoms with Gasteiger partial charge in [-0.05, 0) is 12.1 Å². The van der Waals surface area contributed by atoms with Gasteiger partial charge < -0.3 is 19.7 Å². The van der Waals surface area contributed by atoms with E-state index >= 15 is 0 Å². The maximum atomic E-state index is 11.6. The lowest BCUT2D eigenvalue weighted by atomic mass is 10.1. The molecule has 1 aromatic carbocycles. The molecule has 2 N–H and O–H groups in total. The number of aliphatic hydroxyl groups is 1. The minimum Gasteiger partial charge on any atom is -0.478 e. The van der Waals surface area contributed by atoms with Crippen LogP contribution in [0.2, 0.25) is 0 Å². The lowest BCUT2D eigenvalue weighted by Gasteiger charge is -2.07. The molecule has 98 valence electrons. The molecule has 0 aromatic heterocycles. The van der Waals surface area contributed by atoms with E-state index in [9.17, 15) is 9.59 Å². The molecule has 0 aliphatic rings. The largest absolute Gasteiger partial charge is 0.478 e. The van der Waals surface area contributed by atoms with Gasteiger partial charge in [0.1, 0.15) is 6.61 Å². The number of benzene rings is 1. The highest BCUT2D eigenvalue weighted by Gasteiger charge is 2.16. The zero-order chi connectivity index (χ0) is 13.4. The van der Waals surface area contributed by atoms with E-state index in [0.29, 0.717) is 0 Å². The Morgan fingerprint density at radius 3 is 2.33 bits per heavy atom. The second-order valence-corrected chi connectivity index (χ2v) is 3.32. The zero-order valence-electron chi connectivity index (χ0n) is 9.67. The van der Waals surface area contributed by atoms with E-state index in [4.69, 9.17) is 19.7 Å². The molecule has 0 aliphatic carbocycles. The predicted octanol–water partition coefficient (Wildman–Crippen LogP) is 0.550. The molecule has 0 heterocycles. The topological polar surface area (TPSA) is 93.1 Å². The van der Waals surface area contributed by atoms with E-state index in [2.05, 4.69) is 0 Å². The van der Waals surface area contributed by atoms with E-state index in [1.165, 1.54) is 18.2 Å². The van der Waals surface area contributed by atoms with Crippen molar-refractivity contribution < 1.29 is 29.3 Å². The third-order valence-electron chi connectivity index (χ3n) is 2.07. The van der Waals surface area contributed by atoms with Crippen LogP contribution in [-0.2, 0) is 9.47 Å². The lowest BCUT2D eigenvalue weighted by Crippen LogP contribution is -2.15. The van der Waals surface area contributed by atoms with Crippen molar-refractivity contribution in [1.82, 2.24) is 0 Å². The van der Waals surface area contributed by atoms with Crippen LogP contribution in [-0.4, -0.2) is 48.6 Å². The van der Waals surface area contributed by atoms with Gasteiger partial charge in [-0.25, -0.2) is 9.59 Å². The number of hydrogen-bond acceptors (Lipinski definition) is 5. The van der Waals surface area contributed by atoms with Crippen LogP contribution in [0.15, 0.2) is 24.3 Å². The molecule has 1 rings (SSSR count). The Morgan fingerprint density at radius 2 is 1.72 bits per heavy atom. The van der Waals surface area contributed by atoms with Gasteiger partial charge in [0.15, 0.2) is 0 Å². The van der Waals surface area contributed by atoms with Gasteiger partial charge in [-0.1, -0.05) is 12.1 Å². The van der Waals surface area contributed by atoms with Gasteiger partial charge in [-0.2, -0.15) is 0 Å². The predicted molar refractivity (Wildman–Crippen MR) is 61.6 cm³/mol. The normalized spacial score (nSPS) is 10.1. The number of carbonyl (C=O) groups is 2. The summed E-state index contributed by atoms with van der Waals surface area (Å²) in [7, 11) is 0. The van der Waals surface area contributed by atoms with Crippen molar-refractivity contribution in [1.29, 1.82) is 0 Å². The molecule has 18 heavy (non-hydrogen) atoms. The number of ether oxygens (including phenoxy) is 2. The quantitative estimate of drug-likeness (QED) is 0.545. The molecule has 0 radical (unpaired) electrons. The summed E-state index contributed by atoms with van der Waals surface area (Å²) in [6.45, 7) is 0.230. The Bertz CT molecular complexity index is 415. The average Bonchev–Trinajstić information content (AvgIpc) is 2.38. The Labute approximate surface area is 104 Å². The monoisotopic (exact) mass is 254 g/mol. The molecule has 0 saturated heterocycles. The van der Waals surface area contributed by atoms with Gasteiger partial charge in [0.25, 0.3) is 0 Å². The van der Waals surface area contributed by atoms with Crippen molar-refractivity contribution in [2.24, 2.45) is 0 Å². The number of aliphatic hydroxyl groups excluding tert-OH is 1. The molecular weight excluding hydrogens is 240 g/mol. The third kappa shape index (κ3) is 4.15. The SMILES string of the molecule is O=C(O)c1ccccc1C(=O)OCCOCCO. The summed E-state index contributed by atoms with van der Waals surface area (Å²) in [6, 6.07) is 5.82. The van der Waals surface area contributed by atoms with Gasteiger partial charge in [0.05, 0.1) is 30.9 Å². The van der Waals surface area contributed by atoms with Crippen LogP contribution in [0.1, 0.15) is 20.7 Å². The molecule has 0 amide bonds. The highest BCUT2D eigenvalue weighted by molar-refractivity contribution is 6.02. The van der Waals surface area contributed by atoms with Crippen LogP contribution >= 0.6 is 0 Å². The molecule has 0 bridgehead atoms. The molecule has 0 saturated carbocycles.